The molecule has 0 spiro atoms. The zero-order valence-corrected chi connectivity index (χ0v) is 25.2. The van der Waals surface area contributed by atoms with E-state index >= 15 is 0 Å². The number of hydrogen-bond acceptors (Lipinski definition) is 4. The lowest BCUT2D eigenvalue weighted by Crippen LogP contribution is -2.45. The lowest BCUT2D eigenvalue weighted by atomic mass is 9.67. The Morgan fingerprint density at radius 3 is 2.59 bits per heavy atom. The van der Waals surface area contributed by atoms with Gasteiger partial charge in [-0.05, 0) is 78.7 Å². The quantitative estimate of drug-likeness (QED) is 0.283. The molecule has 1 aromatic carbocycles. The Bertz CT molecular complexity index is 1110. The number of allylic oxidation sites excluding steroid dienone is 8. The van der Waals surface area contributed by atoms with E-state index in [9.17, 15) is 10.2 Å². The Labute approximate surface area is 241 Å². The van der Waals surface area contributed by atoms with E-state index in [0.29, 0.717) is 25.0 Å². The Balaban J connectivity index is 1.51. The molecule has 0 aromatic heterocycles. The summed E-state index contributed by atoms with van der Waals surface area (Å²) >= 11 is 7.01. The van der Waals surface area contributed by atoms with E-state index < -0.39 is 0 Å². The average Bonchev–Trinajstić information content (AvgIpc) is 3.14. The molecule has 2 unspecified atom stereocenters. The van der Waals surface area contributed by atoms with E-state index in [1.807, 2.05) is 0 Å². The highest BCUT2D eigenvalue weighted by molar-refractivity contribution is 6.32. The van der Waals surface area contributed by atoms with Gasteiger partial charge in [0.1, 0.15) is 0 Å². The average molecular weight is 553 g/mol. The van der Waals surface area contributed by atoms with Gasteiger partial charge < -0.3 is 20.4 Å². The number of para-hydroxylation sites is 1. The molecule has 1 saturated carbocycles. The highest BCUT2D eigenvalue weighted by Crippen LogP contribution is 2.48. The summed E-state index contributed by atoms with van der Waals surface area (Å²) in [7, 11) is 0. The molecule has 1 heterocycles. The van der Waals surface area contributed by atoms with Crippen molar-refractivity contribution in [1.29, 1.82) is 0 Å². The van der Waals surface area contributed by atoms with Gasteiger partial charge in [-0.3, -0.25) is 0 Å². The smallest absolute Gasteiger partial charge is 0.0610 e. The summed E-state index contributed by atoms with van der Waals surface area (Å²) in [6, 6.07) is 9.01. The summed E-state index contributed by atoms with van der Waals surface area (Å²) in [4.78, 5) is 2.25. The summed E-state index contributed by atoms with van der Waals surface area (Å²) in [6.45, 7) is 10.9. The molecule has 2 atom stereocenters. The first-order chi connectivity index (χ1) is 18.7. The molecule has 0 saturated heterocycles. The van der Waals surface area contributed by atoms with Crippen LogP contribution in [0.1, 0.15) is 84.6 Å². The minimum Gasteiger partial charge on any atom is -0.395 e. The first kappa shape index (κ1) is 30.1. The number of benzene rings is 1. The summed E-state index contributed by atoms with van der Waals surface area (Å²) in [5.41, 5.74) is 6.18. The van der Waals surface area contributed by atoms with E-state index in [4.69, 9.17) is 11.6 Å². The van der Waals surface area contributed by atoms with Crippen LogP contribution in [-0.2, 0) is 5.41 Å². The molecular formula is C34H49ClN2O2. The van der Waals surface area contributed by atoms with Gasteiger partial charge in [-0.25, -0.2) is 0 Å². The molecule has 1 aliphatic heterocycles. The van der Waals surface area contributed by atoms with E-state index in [0.717, 1.165) is 30.7 Å². The molecule has 0 bridgehead atoms. The van der Waals surface area contributed by atoms with E-state index in [-0.39, 0.29) is 24.0 Å². The predicted molar refractivity (Wildman–Crippen MR) is 165 cm³/mol. The normalized spacial score (nSPS) is 25.8. The summed E-state index contributed by atoms with van der Waals surface area (Å²) in [5, 5.41) is 23.6. The lowest BCUT2D eigenvalue weighted by molar-refractivity contribution is 0.113. The predicted octanol–water partition coefficient (Wildman–Crippen LogP) is 7.38. The van der Waals surface area contributed by atoms with Crippen LogP contribution in [0.2, 0.25) is 0 Å². The van der Waals surface area contributed by atoms with Gasteiger partial charge >= 0.3 is 0 Å². The first-order valence-electron chi connectivity index (χ1n) is 15.0. The second-order valence-corrected chi connectivity index (χ2v) is 13.1. The fourth-order valence-corrected chi connectivity index (χ4v) is 7.40. The van der Waals surface area contributed by atoms with Gasteiger partial charge in [0.15, 0.2) is 0 Å². The van der Waals surface area contributed by atoms with Crippen LogP contribution >= 0.6 is 11.6 Å². The van der Waals surface area contributed by atoms with Gasteiger partial charge in [0.2, 0.25) is 0 Å². The standard InChI is InChI=1S/C34H49ClN2O2/c1-33(2,27-14-5-7-16-29(27)36-21-23-38)20-10-13-25-11-9-12-26(32(25)35)18-19-31-34(3,4)28-15-6-8-17-30(28)37(31)22-24-39/h6,8,10,13,15,17-19,27,29,36,38-39H,5,7,9,11-12,14,16,20-24H2,1-4H3. The summed E-state index contributed by atoms with van der Waals surface area (Å²) < 4.78 is 0. The molecule has 0 amide bonds. The van der Waals surface area contributed by atoms with E-state index in [1.54, 1.807) is 0 Å². The van der Waals surface area contributed by atoms with Crippen molar-refractivity contribution in [2.45, 2.75) is 90.5 Å². The van der Waals surface area contributed by atoms with Gasteiger partial charge in [0, 0.05) is 41.0 Å². The van der Waals surface area contributed by atoms with E-state index in [2.05, 4.69) is 86.5 Å². The van der Waals surface area contributed by atoms with Gasteiger partial charge in [-0.1, -0.05) is 88.6 Å². The van der Waals surface area contributed by atoms with Crippen molar-refractivity contribution >= 4 is 17.3 Å². The van der Waals surface area contributed by atoms with Crippen molar-refractivity contribution in [3.05, 3.63) is 76.0 Å². The van der Waals surface area contributed by atoms with Gasteiger partial charge in [-0.15, -0.1) is 0 Å². The molecule has 0 radical (unpaired) electrons. The second kappa shape index (κ2) is 13.2. The molecule has 4 rings (SSSR count). The number of anilines is 1. The number of nitrogens with zero attached hydrogens (tertiary/aromatic N) is 1. The highest BCUT2D eigenvalue weighted by Gasteiger charge is 2.39. The van der Waals surface area contributed by atoms with Crippen LogP contribution in [0.3, 0.4) is 0 Å². The van der Waals surface area contributed by atoms with Crippen LogP contribution in [0, 0.1) is 11.3 Å². The maximum absolute atomic E-state index is 9.78. The van der Waals surface area contributed by atoms with Crippen LogP contribution in [0.4, 0.5) is 5.69 Å². The minimum atomic E-state index is -0.134. The number of fused-ring (bicyclic) bond motifs is 1. The molecule has 4 nitrogen and oxygen atoms in total. The largest absolute Gasteiger partial charge is 0.395 e. The third kappa shape index (κ3) is 6.73. The number of halogens is 1. The Morgan fingerprint density at radius 1 is 1.05 bits per heavy atom. The Hall–Kier alpha value is -1.85. The van der Waals surface area contributed by atoms with Gasteiger partial charge in [-0.2, -0.15) is 0 Å². The van der Waals surface area contributed by atoms with Crippen LogP contribution in [0.15, 0.2) is 70.4 Å². The third-order valence-corrected chi connectivity index (χ3v) is 9.76. The monoisotopic (exact) mass is 552 g/mol. The van der Waals surface area contributed by atoms with Crippen LogP contribution in [0.25, 0.3) is 0 Å². The van der Waals surface area contributed by atoms with Crippen molar-refractivity contribution in [3.8, 4) is 0 Å². The first-order valence-corrected chi connectivity index (χ1v) is 15.4. The SMILES string of the molecule is CC1(C)C(=CC=C2CCCC(C=CCC(C)(C)C3CCCCC3NCCO)=C2Cl)N(CCO)c2ccccc21. The van der Waals surface area contributed by atoms with Crippen molar-refractivity contribution in [2.75, 3.05) is 31.2 Å². The van der Waals surface area contributed by atoms with Crippen molar-refractivity contribution in [1.82, 2.24) is 5.32 Å². The van der Waals surface area contributed by atoms with Crippen molar-refractivity contribution in [2.24, 2.45) is 11.3 Å². The fraction of sp³-hybridized carbons (Fsp3) is 0.588. The lowest BCUT2D eigenvalue weighted by Gasteiger charge is -2.42. The molecule has 2 aliphatic carbocycles. The number of rotatable bonds is 10. The third-order valence-electron chi connectivity index (χ3n) is 9.27. The zero-order valence-electron chi connectivity index (χ0n) is 24.5. The van der Waals surface area contributed by atoms with E-state index in [1.165, 1.54) is 53.8 Å². The number of hydrogen-bond donors (Lipinski definition) is 3. The van der Waals surface area contributed by atoms with Crippen molar-refractivity contribution in [3.63, 3.8) is 0 Å². The molecular weight excluding hydrogens is 504 g/mol. The molecule has 3 aliphatic rings. The molecule has 3 N–H and O–H groups in total. The van der Waals surface area contributed by atoms with Gasteiger partial charge in [0.25, 0.3) is 0 Å². The summed E-state index contributed by atoms with van der Waals surface area (Å²) in [6.07, 6.45) is 18.2. The molecule has 5 heteroatoms. The number of β-amino-alcohol motifs (C(OH)–C–C–N with tert-alkyl or cyclic N) is 1. The molecule has 1 fully saturated rings. The number of nitrogens with one attached hydrogen (secondary N) is 1. The summed E-state index contributed by atoms with van der Waals surface area (Å²) in [5.74, 6) is 0.612. The molecule has 39 heavy (non-hydrogen) atoms. The molecule has 214 valence electrons. The fourth-order valence-electron chi connectivity index (χ4n) is 7.09. The van der Waals surface area contributed by atoms with Gasteiger partial charge in [0.05, 0.1) is 13.2 Å². The highest BCUT2D eigenvalue weighted by atomic mass is 35.5. The Morgan fingerprint density at radius 2 is 1.82 bits per heavy atom. The number of aliphatic hydroxyl groups is 2. The van der Waals surface area contributed by atoms with Crippen LogP contribution in [0.5, 0.6) is 0 Å². The van der Waals surface area contributed by atoms with Crippen molar-refractivity contribution < 1.29 is 10.2 Å². The minimum absolute atomic E-state index is 0.114. The maximum Gasteiger partial charge on any atom is 0.0610 e. The zero-order chi connectivity index (χ0) is 28.0. The topological polar surface area (TPSA) is 55.7 Å². The second-order valence-electron chi connectivity index (χ2n) is 12.7. The van der Waals surface area contributed by atoms with Crippen LogP contribution < -0.4 is 10.2 Å². The number of aliphatic hydroxyl groups excluding tert-OH is 2. The van der Waals surface area contributed by atoms with Crippen LogP contribution in [-0.4, -0.2) is 42.6 Å². The molecule has 1 aromatic rings. The Kier molecular flexibility index (Phi) is 10.2. The maximum atomic E-state index is 9.78.